The largest absolute Gasteiger partial charge is 0.351 e. The molecule has 110 valence electrons. The van der Waals surface area contributed by atoms with Gasteiger partial charge in [-0.25, -0.2) is 4.39 Å². The van der Waals surface area contributed by atoms with Crippen molar-refractivity contribution >= 4 is 5.91 Å². The molecule has 1 aromatic rings. The van der Waals surface area contributed by atoms with E-state index in [1.165, 1.54) is 13.0 Å². The van der Waals surface area contributed by atoms with Crippen LogP contribution in [-0.2, 0) is 11.3 Å². The molecule has 1 aliphatic rings. The van der Waals surface area contributed by atoms with Crippen LogP contribution < -0.4 is 5.32 Å². The Morgan fingerprint density at radius 1 is 1.35 bits per heavy atom. The second-order valence-electron chi connectivity index (χ2n) is 5.49. The molecule has 1 fully saturated rings. The zero-order valence-electron chi connectivity index (χ0n) is 12.1. The maximum absolute atomic E-state index is 13.7. The topological polar surface area (TPSA) is 35.6 Å². The van der Waals surface area contributed by atoms with Crippen LogP contribution in [0.4, 0.5) is 4.39 Å². The van der Waals surface area contributed by atoms with Gasteiger partial charge in [0.25, 0.3) is 0 Å². The highest BCUT2D eigenvalue weighted by Crippen LogP contribution is 2.12. The third-order valence-corrected chi connectivity index (χ3v) is 3.57. The van der Waals surface area contributed by atoms with Crippen molar-refractivity contribution in [3.8, 4) is 0 Å². The van der Waals surface area contributed by atoms with E-state index in [1.54, 1.807) is 6.07 Å². The highest BCUT2D eigenvalue weighted by atomic mass is 19.1. The van der Waals surface area contributed by atoms with E-state index in [2.05, 4.69) is 15.1 Å². The zero-order valence-corrected chi connectivity index (χ0v) is 12.1. The maximum Gasteiger partial charge on any atom is 0.217 e. The molecule has 1 unspecified atom stereocenters. The van der Waals surface area contributed by atoms with Crippen molar-refractivity contribution in [2.75, 3.05) is 33.2 Å². The molecule has 2 rings (SSSR count). The van der Waals surface area contributed by atoms with E-state index in [4.69, 9.17) is 0 Å². The SMILES string of the molecule is CC(=O)NC1CN(C)CCN(Cc2ccccc2F)C1. The molecular weight excluding hydrogens is 257 g/mol. The van der Waals surface area contributed by atoms with Crippen LogP contribution in [0.15, 0.2) is 24.3 Å². The van der Waals surface area contributed by atoms with E-state index in [0.29, 0.717) is 12.1 Å². The normalized spacial score (nSPS) is 21.4. The molecule has 5 heteroatoms. The van der Waals surface area contributed by atoms with Crippen LogP contribution in [0.2, 0.25) is 0 Å². The van der Waals surface area contributed by atoms with Gasteiger partial charge in [-0.2, -0.15) is 0 Å². The molecule has 1 aliphatic heterocycles. The summed E-state index contributed by atoms with van der Waals surface area (Å²) in [5, 5.41) is 2.97. The first-order valence-electron chi connectivity index (χ1n) is 6.96. The van der Waals surface area contributed by atoms with Crippen molar-refractivity contribution in [1.82, 2.24) is 15.1 Å². The van der Waals surface area contributed by atoms with Gasteiger partial charge >= 0.3 is 0 Å². The van der Waals surface area contributed by atoms with Gasteiger partial charge < -0.3 is 10.2 Å². The second kappa shape index (κ2) is 6.81. The molecule has 1 N–H and O–H groups in total. The van der Waals surface area contributed by atoms with Crippen molar-refractivity contribution in [2.45, 2.75) is 19.5 Å². The fourth-order valence-electron chi connectivity index (χ4n) is 2.63. The van der Waals surface area contributed by atoms with Gasteiger partial charge in [0.1, 0.15) is 5.82 Å². The van der Waals surface area contributed by atoms with E-state index in [1.807, 2.05) is 19.2 Å². The van der Waals surface area contributed by atoms with Gasteiger partial charge in [0.15, 0.2) is 0 Å². The summed E-state index contributed by atoms with van der Waals surface area (Å²) in [4.78, 5) is 15.6. The Kier molecular flexibility index (Phi) is 5.09. The number of nitrogens with one attached hydrogen (secondary N) is 1. The smallest absolute Gasteiger partial charge is 0.217 e. The molecule has 0 radical (unpaired) electrons. The van der Waals surface area contributed by atoms with Gasteiger partial charge in [0.2, 0.25) is 5.91 Å². The van der Waals surface area contributed by atoms with Gasteiger partial charge in [-0.1, -0.05) is 18.2 Å². The molecule has 0 spiro atoms. The lowest BCUT2D eigenvalue weighted by molar-refractivity contribution is -0.119. The predicted molar refractivity (Wildman–Crippen MR) is 76.8 cm³/mol. The predicted octanol–water partition coefficient (Wildman–Crippen LogP) is 1.08. The molecular formula is C15H22FN3O. The molecule has 0 aliphatic carbocycles. The highest BCUT2D eigenvalue weighted by Gasteiger charge is 2.22. The van der Waals surface area contributed by atoms with Crippen LogP contribution in [0.1, 0.15) is 12.5 Å². The van der Waals surface area contributed by atoms with Crippen molar-refractivity contribution in [1.29, 1.82) is 0 Å². The lowest BCUT2D eigenvalue weighted by Gasteiger charge is -2.24. The fourth-order valence-corrected chi connectivity index (χ4v) is 2.63. The molecule has 1 heterocycles. The summed E-state index contributed by atoms with van der Waals surface area (Å²) in [6.45, 7) is 5.49. The van der Waals surface area contributed by atoms with Crippen molar-refractivity contribution in [2.24, 2.45) is 0 Å². The average Bonchev–Trinajstić information content (AvgIpc) is 2.53. The summed E-state index contributed by atoms with van der Waals surface area (Å²) in [5.41, 5.74) is 0.707. The van der Waals surface area contributed by atoms with Crippen LogP contribution in [0.3, 0.4) is 0 Å². The van der Waals surface area contributed by atoms with Gasteiger partial charge in [-0.05, 0) is 13.1 Å². The first-order valence-corrected chi connectivity index (χ1v) is 6.96. The van der Waals surface area contributed by atoms with Gasteiger partial charge in [-0.15, -0.1) is 0 Å². The second-order valence-corrected chi connectivity index (χ2v) is 5.49. The third kappa shape index (κ3) is 4.28. The number of carbonyl (C=O) groups is 1. The third-order valence-electron chi connectivity index (χ3n) is 3.57. The van der Waals surface area contributed by atoms with E-state index >= 15 is 0 Å². The minimum Gasteiger partial charge on any atom is -0.351 e. The van der Waals surface area contributed by atoms with Crippen LogP contribution in [0, 0.1) is 5.82 Å². The van der Waals surface area contributed by atoms with E-state index < -0.39 is 0 Å². The van der Waals surface area contributed by atoms with E-state index in [9.17, 15) is 9.18 Å². The van der Waals surface area contributed by atoms with E-state index in [0.717, 1.165) is 26.2 Å². The monoisotopic (exact) mass is 279 g/mol. The van der Waals surface area contributed by atoms with Crippen molar-refractivity contribution in [3.63, 3.8) is 0 Å². The molecule has 1 aromatic carbocycles. The van der Waals surface area contributed by atoms with Gasteiger partial charge in [0, 0.05) is 45.2 Å². The summed E-state index contributed by atoms with van der Waals surface area (Å²) in [7, 11) is 2.04. The quantitative estimate of drug-likeness (QED) is 0.899. The summed E-state index contributed by atoms with van der Waals surface area (Å²) in [6, 6.07) is 6.96. The highest BCUT2D eigenvalue weighted by molar-refractivity contribution is 5.73. The van der Waals surface area contributed by atoms with Crippen molar-refractivity contribution in [3.05, 3.63) is 35.6 Å². The number of benzene rings is 1. The number of hydrogen-bond acceptors (Lipinski definition) is 3. The molecule has 4 nitrogen and oxygen atoms in total. The Bertz CT molecular complexity index is 466. The Balaban J connectivity index is 2.03. The summed E-state index contributed by atoms with van der Waals surface area (Å²) < 4.78 is 13.7. The lowest BCUT2D eigenvalue weighted by Crippen LogP contribution is -2.45. The van der Waals surface area contributed by atoms with Crippen LogP contribution in [0.5, 0.6) is 0 Å². The molecule has 0 aromatic heterocycles. The fraction of sp³-hybridized carbons (Fsp3) is 0.533. The van der Waals surface area contributed by atoms with Crippen molar-refractivity contribution < 1.29 is 9.18 Å². The molecule has 20 heavy (non-hydrogen) atoms. The van der Waals surface area contributed by atoms with Gasteiger partial charge in [0.05, 0.1) is 6.04 Å². The summed E-state index contributed by atoms with van der Waals surface area (Å²) in [6.07, 6.45) is 0. The Morgan fingerprint density at radius 2 is 2.10 bits per heavy atom. The Morgan fingerprint density at radius 3 is 2.80 bits per heavy atom. The molecule has 0 saturated carbocycles. The average molecular weight is 279 g/mol. The number of rotatable bonds is 3. The zero-order chi connectivity index (χ0) is 14.5. The molecule has 1 saturated heterocycles. The Labute approximate surface area is 119 Å². The molecule has 1 amide bonds. The standard InChI is InChI=1S/C15H22FN3O/c1-12(20)17-14-10-18(2)7-8-19(11-14)9-13-5-3-4-6-15(13)16/h3-6,14H,7-11H2,1-2H3,(H,17,20). The number of likely N-dealkylation sites (N-methyl/N-ethyl adjacent to an activating group) is 1. The summed E-state index contributed by atoms with van der Waals surface area (Å²) in [5.74, 6) is -0.183. The van der Waals surface area contributed by atoms with E-state index in [-0.39, 0.29) is 17.8 Å². The minimum absolute atomic E-state index is 0.0175. The maximum atomic E-state index is 13.7. The Hall–Kier alpha value is -1.46. The molecule has 1 atom stereocenters. The first kappa shape index (κ1) is 14.9. The number of hydrogen-bond donors (Lipinski definition) is 1. The number of nitrogens with zero attached hydrogens (tertiary/aromatic N) is 2. The number of amides is 1. The lowest BCUT2D eigenvalue weighted by atomic mass is 10.2. The summed E-state index contributed by atoms with van der Waals surface area (Å²) >= 11 is 0. The number of halogens is 1. The van der Waals surface area contributed by atoms with Crippen LogP contribution in [-0.4, -0.2) is 55.0 Å². The molecule has 0 bridgehead atoms. The minimum atomic E-state index is -0.166. The number of carbonyl (C=O) groups excluding carboxylic acids is 1. The van der Waals surface area contributed by atoms with Gasteiger partial charge in [-0.3, -0.25) is 9.69 Å². The van der Waals surface area contributed by atoms with Crippen LogP contribution >= 0.6 is 0 Å². The first-order chi connectivity index (χ1) is 9.54. The van der Waals surface area contributed by atoms with Crippen LogP contribution in [0.25, 0.3) is 0 Å².